The third-order valence-electron chi connectivity index (χ3n) is 4.95. The van der Waals surface area contributed by atoms with Gasteiger partial charge in [-0.15, -0.1) is 0 Å². The van der Waals surface area contributed by atoms with Crippen molar-refractivity contribution in [2.24, 2.45) is 0 Å². The first-order valence-corrected chi connectivity index (χ1v) is 10.1. The van der Waals surface area contributed by atoms with Gasteiger partial charge < -0.3 is 19.8 Å². The Balaban J connectivity index is 1.48. The van der Waals surface area contributed by atoms with Gasteiger partial charge in [0.15, 0.2) is 12.4 Å². The maximum atomic E-state index is 12.3. The van der Waals surface area contributed by atoms with E-state index in [1.807, 2.05) is 6.92 Å². The second-order valence-electron chi connectivity index (χ2n) is 7.25. The Morgan fingerprint density at radius 2 is 2.03 bits per heavy atom. The molecule has 0 bridgehead atoms. The maximum Gasteiger partial charge on any atom is 0.338 e. The summed E-state index contributed by atoms with van der Waals surface area (Å²) in [5, 5.41) is 5.48. The SMILES string of the molecule is Cc1ccc(C(=O)OCC(=O)NCCC2=CCCCC2)cc1NC(=O)c1ccco1. The van der Waals surface area contributed by atoms with Crippen molar-refractivity contribution >= 4 is 23.5 Å². The number of anilines is 1. The number of hydrogen-bond donors (Lipinski definition) is 2. The topological polar surface area (TPSA) is 97.6 Å². The fraction of sp³-hybridized carbons (Fsp3) is 0.348. The lowest BCUT2D eigenvalue weighted by Crippen LogP contribution is -2.29. The first kappa shape index (κ1) is 21.4. The summed E-state index contributed by atoms with van der Waals surface area (Å²) in [6.45, 7) is 2.00. The Morgan fingerprint density at radius 1 is 1.17 bits per heavy atom. The van der Waals surface area contributed by atoms with Crippen molar-refractivity contribution in [1.29, 1.82) is 0 Å². The summed E-state index contributed by atoms with van der Waals surface area (Å²) < 4.78 is 10.2. The van der Waals surface area contributed by atoms with Crippen LogP contribution in [-0.2, 0) is 9.53 Å². The Kier molecular flexibility index (Phi) is 7.43. The summed E-state index contributed by atoms with van der Waals surface area (Å²) in [6, 6.07) is 7.98. The quantitative estimate of drug-likeness (QED) is 0.506. The average Bonchev–Trinajstić information content (AvgIpc) is 3.29. The highest BCUT2D eigenvalue weighted by Gasteiger charge is 2.15. The van der Waals surface area contributed by atoms with Crippen LogP contribution in [0.25, 0.3) is 0 Å². The molecule has 1 aromatic heterocycles. The molecule has 0 aliphatic heterocycles. The standard InChI is InChI=1S/C23H26N2O5/c1-16-9-10-18(14-19(16)25-22(27)20-8-5-13-29-20)23(28)30-15-21(26)24-12-11-17-6-3-2-4-7-17/h5-6,8-10,13-14H,2-4,7,11-12,15H2,1H3,(H,24,26)(H,25,27). The molecule has 2 N–H and O–H groups in total. The predicted molar refractivity (Wildman–Crippen MR) is 112 cm³/mol. The van der Waals surface area contributed by atoms with Crippen LogP contribution in [0.5, 0.6) is 0 Å². The molecule has 2 aromatic rings. The molecular formula is C23H26N2O5. The number of aryl methyl sites for hydroxylation is 1. The van der Waals surface area contributed by atoms with Crippen LogP contribution in [0, 0.1) is 6.92 Å². The molecule has 7 heteroatoms. The predicted octanol–water partition coefficient (Wildman–Crippen LogP) is 4.00. The molecule has 158 valence electrons. The lowest BCUT2D eigenvalue weighted by atomic mass is 9.97. The largest absolute Gasteiger partial charge is 0.459 e. The van der Waals surface area contributed by atoms with E-state index in [0.29, 0.717) is 12.2 Å². The normalized spacial score (nSPS) is 13.3. The molecule has 0 spiro atoms. The van der Waals surface area contributed by atoms with Gasteiger partial charge in [-0.3, -0.25) is 9.59 Å². The molecule has 3 rings (SSSR count). The smallest absolute Gasteiger partial charge is 0.338 e. The molecule has 7 nitrogen and oxygen atoms in total. The van der Waals surface area contributed by atoms with E-state index in [1.54, 1.807) is 24.3 Å². The Bertz CT molecular complexity index is 931. The van der Waals surface area contributed by atoms with Gasteiger partial charge in [-0.1, -0.05) is 17.7 Å². The molecule has 0 atom stereocenters. The third-order valence-corrected chi connectivity index (χ3v) is 4.95. The maximum absolute atomic E-state index is 12.3. The van der Waals surface area contributed by atoms with Gasteiger partial charge in [0.2, 0.25) is 0 Å². The minimum absolute atomic E-state index is 0.169. The van der Waals surface area contributed by atoms with Crippen molar-refractivity contribution in [2.45, 2.75) is 39.0 Å². The molecule has 0 saturated heterocycles. The summed E-state index contributed by atoms with van der Waals surface area (Å²) in [4.78, 5) is 36.4. The van der Waals surface area contributed by atoms with E-state index < -0.39 is 11.9 Å². The average molecular weight is 410 g/mol. The van der Waals surface area contributed by atoms with E-state index in [9.17, 15) is 14.4 Å². The minimum atomic E-state index is -0.631. The molecule has 1 heterocycles. The van der Waals surface area contributed by atoms with Crippen molar-refractivity contribution in [3.8, 4) is 0 Å². The van der Waals surface area contributed by atoms with Gasteiger partial charge in [0, 0.05) is 12.2 Å². The van der Waals surface area contributed by atoms with E-state index in [-0.39, 0.29) is 23.8 Å². The number of allylic oxidation sites excluding steroid dienone is 1. The van der Waals surface area contributed by atoms with Crippen LogP contribution in [0.2, 0.25) is 0 Å². The van der Waals surface area contributed by atoms with E-state index in [1.165, 1.54) is 30.7 Å². The zero-order valence-corrected chi connectivity index (χ0v) is 17.0. The lowest BCUT2D eigenvalue weighted by molar-refractivity contribution is -0.124. The number of rotatable bonds is 8. The van der Waals surface area contributed by atoms with Crippen molar-refractivity contribution in [2.75, 3.05) is 18.5 Å². The fourth-order valence-electron chi connectivity index (χ4n) is 3.23. The van der Waals surface area contributed by atoms with Crippen molar-refractivity contribution in [3.63, 3.8) is 0 Å². The molecule has 0 radical (unpaired) electrons. The molecule has 0 fully saturated rings. The fourth-order valence-corrected chi connectivity index (χ4v) is 3.23. The van der Waals surface area contributed by atoms with Gasteiger partial charge in [-0.2, -0.15) is 0 Å². The molecule has 1 aromatic carbocycles. The molecule has 0 unspecified atom stereocenters. The van der Waals surface area contributed by atoms with Gasteiger partial charge in [0.1, 0.15) is 0 Å². The van der Waals surface area contributed by atoms with Crippen LogP contribution in [0.3, 0.4) is 0 Å². The number of nitrogens with one attached hydrogen (secondary N) is 2. The highest BCUT2D eigenvalue weighted by molar-refractivity contribution is 6.03. The first-order chi connectivity index (χ1) is 14.5. The Labute approximate surface area is 175 Å². The lowest BCUT2D eigenvalue weighted by Gasteiger charge is -2.13. The number of ether oxygens (including phenoxy) is 1. The van der Waals surface area contributed by atoms with Crippen LogP contribution < -0.4 is 10.6 Å². The van der Waals surface area contributed by atoms with Crippen LogP contribution in [-0.4, -0.2) is 30.9 Å². The Hall–Kier alpha value is -3.35. The molecule has 2 amide bonds. The highest BCUT2D eigenvalue weighted by Crippen LogP contribution is 2.20. The Morgan fingerprint density at radius 3 is 2.77 bits per heavy atom. The highest BCUT2D eigenvalue weighted by atomic mass is 16.5. The number of carbonyl (C=O) groups excluding carboxylic acids is 3. The molecule has 1 aliphatic carbocycles. The van der Waals surface area contributed by atoms with E-state index in [2.05, 4.69) is 16.7 Å². The van der Waals surface area contributed by atoms with Crippen LogP contribution in [0.1, 0.15) is 58.6 Å². The molecule has 30 heavy (non-hydrogen) atoms. The zero-order chi connectivity index (χ0) is 21.3. The van der Waals surface area contributed by atoms with Crippen molar-refractivity contribution < 1.29 is 23.5 Å². The summed E-state index contributed by atoms with van der Waals surface area (Å²) >= 11 is 0. The minimum Gasteiger partial charge on any atom is -0.459 e. The third kappa shape index (κ3) is 6.07. The van der Waals surface area contributed by atoms with E-state index in [4.69, 9.17) is 9.15 Å². The second kappa shape index (κ2) is 10.4. The van der Waals surface area contributed by atoms with Gasteiger partial charge in [-0.25, -0.2) is 4.79 Å². The van der Waals surface area contributed by atoms with Gasteiger partial charge >= 0.3 is 5.97 Å². The number of benzene rings is 1. The van der Waals surface area contributed by atoms with E-state index >= 15 is 0 Å². The van der Waals surface area contributed by atoms with Crippen LogP contribution in [0.15, 0.2) is 52.7 Å². The number of esters is 1. The molecule has 1 aliphatic rings. The number of hydrogen-bond acceptors (Lipinski definition) is 5. The summed E-state index contributed by atoms with van der Waals surface area (Å²) in [6.07, 6.45) is 9.13. The molecular weight excluding hydrogens is 384 g/mol. The first-order valence-electron chi connectivity index (χ1n) is 10.1. The summed E-state index contributed by atoms with van der Waals surface area (Å²) in [5.41, 5.74) is 2.87. The number of carbonyl (C=O) groups is 3. The van der Waals surface area contributed by atoms with Crippen LogP contribution in [0.4, 0.5) is 5.69 Å². The number of furan rings is 1. The van der Waals surface area contributed by atoms with Crippen LogP contribution >= 0.6 is 0 Å². The number of amides is 2. The van der Waals surface area contributed by atoms with Gasteiger partial charge in [0.25, 0.3) is 11.8 Å². The zero-order valence-electron chi connectivity index (χ0n) is 17.0. The summed E-state index contributed by atoms with van der Waals surface area (Å²) in [7, 11) is 0. The van der Waals surface area contributed by atoms with Gasteiger partial charge in [-0.05, 0) is 68.9 Å². The summed E-state index contributed by atoms with van der Waals surface area (Å²) in [5.74, 6) is -1.21. The van der Waals surface area contributed by atoms with Gasteiger partial charge in [0.05, 0.1) is 11.8 Å². The second-order valence-corrected chi connectivity index (χ2v) is 7.25. The van der Waals surface area contributed by atoms with Crippen molar-refractivity contribution in [1.82, 2.24) is 5.32 Å². The molecule has 0 saturated carbocycles. The van der Waals surface area contributed by atoms with Crippen molar-refractivity contribution in [3.05, 3.63) is 65.1 Å². The van der Waals surface area contributed by atoms with E-state index in [0.717, 1.165) is 24.8 Å². The monoisotopic (exact) mass is 410 g/mol.